The van der Waals surface area contributed by atoms with Crippen molar-refractivity contribution in [2.75, 3.05) is 19.6 Å². The smallest absolute Gasteiger partial charge is 0.262 e. The Labute approximate surface area is 168 Å². The summed E-state index contributed by atoms with van der Waals surface area (Å²) in [5.74, 6) is -0.509. The Morgan fingerprint density at radius 3 is 2.36 bits per heavy atom. The minimum absolute atomic E-state index is 0.182. The Morgan fingerprint density at radius 2 is 1.64 bits per heavy atom. The van der Waals surface area contributed by atoms with Crippen molar-refractivity contribution in [2.24, 2.45) is 5.92 Å². The highest BCUT2D eigenvalue weighted by Crippen LogP contribution is 2.26. The SMILES string of the molecule is O=C(CN1C(=O)c2ccc(Cl)cc2C1=O)N1CCC(Cc2ccccc2)CC1. The van der Waals surface area contributed by atoms with Crippen LogP contribution in [0.4, 0.5) is 0 Å². The van der Waals surface area contributed by atoms with Gasteiger partial charge in [-0.25, -0.2) is 0 Å². The number of fused-ring (bicyclic) bond motifs is 1. The molecule has 0 saturated carbocycles. The summed E-state index contributed by atoms with van der Waals surface area (Å²) in [7, 11) is 0. The Bertz CT molecular complexity index is 921. The number of amides is 3. The number of hydrogen-bond acceptors (Lipinski definition) is 3. The summed E-state index contributed by atoms with van der Waals surface area (Å²) >= 11 is 5.93. The number of halogens is 1. The van der Waals surface area contributed by atoms with Crippen LogP contribution >= 0.6 is 11.6 Å². The third-order valence-corrected chi connectivity index (χ3v) is 5.80. The van der Waals surface area contributed by atoms with Gasteiger partial charge in [0, 0.05) is 18.1 Å². The van der Waals surface area contributed by atoms with E-state index in [9.17, 15) is 14.4 Å². The number of piperidine rings is 1. The average molecular weight is 397 g/mol. The summed E-state index contributed by atoms with van der Waals surface area (Å²) in [6, 6.07) is 15.0. The van der Waals surface area contributed by atoms with Gasteiger partial charge in [-0.3, -0.25) is 19.3 Å². The molecule has 2 aromatic rings. The number of hydrogen-bond donors (Lipinski definition) is 0. The topological polar surface area (TPSA) is 57.7 Å². The summed E-state index contributed by atoms with van der Waals surface area (Å²) in [5.41, 5.74) is 1.90. The molecule has 0 spiro atoms. The second-order valence-corrected chi connectivity index (χ2v) is 7.84. The maximum absolute atomic E-state index is 12.7. The first-order chi connectivity index (χ1) is 13.5. The van der Waals surface area contributed by atoms with Gasteiger partial charge in [0.05, 0.1) is 11.1 Å². The van der Waals surface area contributed by atoms with Gasteiger partial charge in [0.25, 0.3) is 11.8 Å². The summed E-state index contributed by atoms with van der Waals surface area (Å²) in [5, 5.41) is 0.397. The van der Waals surface area contributed by atoms with Gasteiger partial charge in [-0.1, -0.05) is 41.9 Å². The van der Waals surface area contributed by atoms with E-state index >= 15 is 0 Å². The first-order valence-corrected chi connectivity index (χ1v) is 9.88. The van der Waals surface area contributed by atoms with Gasteiger partial charge in [0.1, 0.15) is 6.54 Å². The molecular weight excluding hydrogens is 376 g/mol. The Hall–Kier alpha value is -2.66. The zero-order chi connectivity index (χ0) is 19.7. The highest BCUT2D eigenvalue weighted by molar-refractivity contribution is 6.32. The molecule has 0 aromatic heterocycles. The van der Waals surface area contributed by atoms with Crippen LogP contribution in [0.15, 0.2) is 48.5 Å². The standard InChI is InChI=1S/C22H21ClN2O3/c23-17-6-7-18-19(13-17)22(28)25(21(18)27)14-20(26)24-10-8-16(9-11-24)12-15-4-2-1-3-5-15/h1-7,13,16H,8-12,14H2. The molecule has 0 aliphatic carbocycles. The Kier molecular flexibility index (Phi) is 5.18. The molecule has 0 radical (unpaired) electrons. The fourth-order valence-corrected chi connectivity index (χ4v) is 4.15. The van der Waals surface area contributed by atoms with Crippen molar-refractivity contribution in [1.29, 1.82) is 0 Å². The van der Waals surface area contributed by atoms with Gasteiger partial charge in [-0.05, 0) is 48.9 Å². The van der Waals surface area contributed by atoms with Gasteiger partial charge < -0.3 is 4.90 Å². The van der Waals surface area contributed by atoms with Crippen LogP contribution < -0.4 is 0 Å². The maximum Gasteiger partial charge on any atom is 0.262 e. The average Bonchev–Trinajstić information content (AvgIpc) is 2.93. The lowest BCUT2D eigenvalue weighted by Crippen LogP contribution is -2.45. The molecule has 2 aliphatic heterocycles. The van der Waals surface area contributed by atoms with Crippen LogP contribution in [0.3, 0.4) is 0 Å². The van der Waals surface area contributed by atoms with Crippen LogP contribution in [0.5, 0.6) is 0 Å². The van der Waals surface area contributed by atoms with Gasteiger partial charge in [-0.2, -0.15) is 0 Å². The van der Waals surface area contributed by atoms with Crippen LogP contribution in [0, 0.1) is 5.92 Å². The number of likely N-dealkylation sites (tertiary alicyclic amines) is 1. The molecule has 1 fully saturated rings. The molecular formula is C22H21ClN2O3. The highest BCUT2D eigenvalue weighted by Gasteiger charge is 2.37. The lowest BCUT2D eigenvalue weighted by Gasteiger charge is -2.33. The van der Waals surface area contributed by atoms with E-state index in [0.717, 1.165) is 24.2 Å². The van der Waals surface area contributed by atoms with E-state index in [2.05, 4.69) is 12.1 Å². The second kappa shape index (κ2) is 7.76. The summed E-state index contributed by atoms with van der Waals surface area (Å²) in [4.78, 5) is 40.5. The molecule has 6 heteroatoms. The van der Waals surface area contributed by atoms with Gasteiger partial charge in [0.2, 0.25) is 5.91 Å². The van der Waals surface area contributed by atoms with Crippen molar-refractivity contribution < 1.29 is 14.4 Å². The molecule has 0 unspecified atom stereocenters. The Balaban J connectivity index is 1.34. The zero-order valence-corrected chi connectivity index (χ0v) is 16.2. The van der Waals surface area contributed by atoms with Crippen molar-refractivity contribution in [3.8, 4) is 0 Å². The predicted octanol–water partition coefficient (Wildman–Crippen LogP) is 3.42. The lowest BCUT2D eigenvalue weighted by molar-refractivity contribution is -0.132. The van der Waals surface area contributed by atoms with E-state index in [1.54, 1.807) is 11.0 Å². The molecule has 2 aliphatic rings. The monoisotopic (exact) mass is 396 g/mol. The van der Waals surface area contributed by atoms with Crippen LogP contribution in [0.2, 0.25) is 5.02 Å². The lowest BCUT2D eigenvalue weighted by atomic mass is 9.90. The van der Waals surface area contributed by atoms with E-state index < -0.39 is 11.8 Å². The fourth-order valence-electron chi connectivity index (χ4n) is 3.98. The normalized spacial score (nSPS) is 17.2. The number of benzene rings is 2. The summed E-state index contributed by atoms with van der Waals surface area (Å²) in [6.07, 6.45) is 2.87. The first kappa shape index (κ1) is 18.7. The molecule has 144 valence electrons. The van der Waals surface area contributed by atoms with E-state index in [4.69, 9.17) is 11.6 Å². The van der Waals surface area contributed by atoms with Crippen LogP contribution in [0.25, 0.3) is 0 Å². The van der Waals surface area contributed by atoms with Crippen LogP contribution in [0.1, 0.15) is 39.1 Å². The van der Waals surface area contributed by atoms with Crippen molar-refractivity contribution >= 4 is 29.3 Å². The summed E-state index contributed by atoms with van der Waals surface area (Å²) in [6.45, 7) is 1.10. The van der Waals surface area contributed by atoms with Gasteiger partial charge in [0.15, 0.2) is 0 Å². The second-order valence-electron chi connectivity index (χ2n) is 7.40. The number of carbonyl (C=O) groups is 3. The molecule has 5 nitrogen and oxygen atoms in total. The molecule has 2 heterocycles. The Morgan fingerprint density at radius 1 is 0.964 bits per heavy atom. The van der Waals surface area contributed by atoms with Crippen molar-refractivity contribution in [1.82, 2.24) is 9.80 Å². The van der Waals surface area contributed by atoms with Gasteiger partial charge in [-0.15, -0.1) is 0 Å². The first-order valence-electron chi connectivity index (χ1n) is 9.50. The quantitative estimate of drug-likeness (QED) is 0.744. The molecule has 0 atom stereocenters. The van der Waals surface area contributed by atoms with Gasteiger partial charge >= 0.3 is 0 Å². The minimum atomic E-state index is -0.449. The third kappa shape index (κ3) is 3.67. The predicted molar refractivity (Wildman–Crippen MR) is 106 cm³/mol. The highest BCUT2D eigenvalue weighted by atomic mass is 35.5. The molecule has 3 amide bonds. The molecule has 2 aromatic carbocycles. The number of nitrogens with zero attached hydrogens (tertiary/aromatic N) is 2. The molecule has 4 rings (SSSR count). The van der Waals surface area contributed by atoms with E-state index in [-0.39, 0.29) is 18.0 Å². The fraction of sp³-hybridized carbons (Fsp3) is 0.318. The van der Waals surface area contributed by atoms with Crippen LogP contribution in [-0.2, 0) is 11.2 Å². The number of carbonyl (C=O) groups excluding carboxylic acids is 3. The minimum Gasteiger partial charge on any atom is -0.341 e. The van der Waals surface area contributed by atoms with E-state index in [1.807, 2.05) is 18.2 Å². The van der Waals surface area contributed by atoms with E-state index in [0.29, 0.717) is 29.6 Å². The molecule has 0 N–H and O–H groups in total. The number of imide groups is 1. The van der Waals surface area contributed by atoms with Crippen molar-refractivity contribution in [3.63, 3.8) is 0 Å². The largest absolute Gasteiger partial charge is 0.341 e. The van der Waals surface area contributed by atoms with Crippen molar-refractivity contribution in [3.05, 3.63) is 70.2 Å². The summed E-state index contributed by atoms with van der Waals surface area (Å²) < 4.78 is 0. The number of rotatable bonds is 4. The van der Waals surface area contributed by atoms with Crippen LogP contribution in [-0.4, -0.2) is 47.2 Å². The maximum atomic E-state index is 12.7. The third-order valence-electron chi connectivity index (χ3n) is 5.56. The molecule has 28 heavy (non-hydrogen) atoms. The molecule has 0 bridgehead atoms. The zero-order valence-electron chi connectivity index (χ0n) is 15.4. The van der Waals surface area contributed by atoms with Crippen molar-refractivity contribution in [2.45, 2.75) is 19.3 Å². The van der Waals surface area contributed by atoms with E-state index in [1.165, 1.54) is 17.7 Å². The molecule has 1 saturated heterocycles.